The van der Waals surface area contributed by atoms with Gasteiger partial charge in [-0.2, -0.15) is 0 Å². The molecule has 0 saturated carbocycles. The second-order valence-corrected chi connectivity index (χ2v) is 8.48. The second kappa shape index (κ2) is 7.90. The Bertz CT molecular complexity index is 867. The number of rotatable bonds is 4. The monoisotopic (exact) mass is 403 g/mol. The summed E-state index contributed by atoms with van der Waals surface area (Å²) >= 11 is 1.59. The average molecular weight is 404 g/mol. The molecule has 0 bridgehead atoms. The summed E-state index contributed by atoms with van der Waals surface area (Å²) in [6.45, 7) is 1.03. The number of carbonyl (C=O) groups is 2. The summed E-state index contributed by atoms with van der Waals surface area (Å²) in [6.07, 6.45) is 7.64. The molecule has 2 aliphatic rings. The fourth-order valence-corrected chi connectivity index (χ4v) is 4.98. The van der Waals surface area contributed by atoms with Crippen molar-refractivity contribution in [3.8, 4) is 5.88 Å². The molecule has 0 aromatic carbocycles. The number of carbonyl (C=O) groups excluding carboxylic acids is 2. The molecule has 28 heavy (non-hydrogen) atoms. The highest BCUT2D eigenvalue weighted by molar-refractivity contribution is 7.15. The van der Waals surface area contributed by atoms with Gasteiger partial charge in [0.1, 0.15) is 5.56 Å². The van der Waals surface area contributed by atoms with E-state index in [0.717, 1.165) is 31.4 Å². The van der Waals surface area contributed by atoms with Crippen molar-refractivity contribution in [2.45, 2.75) is 38.5 Å². The Labute approximate surface area is 167 Å². The summed E-state index contributed by atoms with van der Waals surface area (Å²) in [4.78, 5) is 33.3. The molecule has 3 heterocycles. The summed E-state index contributed by atoms with van der Waals surface area (Å²) in [6, 6.07) is 0. The highest BCUT2D eigenvalue weighted by Gasteiger charge is 2.31. The zero-order valence-corrected chi connectivity index (χ0v) is 17.0. The first-order valence-corrected chi connectivity index (χ1v) is 10.5. The molecule has 1 aliphatic carbocycles. The van der Waals surface area contributed by atoms with E-state index in [1.165, 1.54) is 24.8 Å². The van der Waals surface area contributed by atoms with Crippen molar-refractivity contribution in [3.05, 3.63) is 22.3 Å². The van der Waals surface area contributed by atoms with Gasteiger partial charge >= 0.3 is 0 Å². The normalized spacial score (nSPS) is 19.2. The molecule has 1 atom stereocenters. The summed E-state index contributed by atoms with van der Waals surface area (Å²) < 4.78 is 6.77. The zero-order valence-electron chi connectivity index (χ0n) is 16.2. The first-order chi connectivity index (χ1) is 13.5. The van der Waals surface area contributed by atoms with Gasteiger partial charge < -0.3 is 15.0 Å². The Hall–Kier alpha value is -2.42. The fraction of sp³-hybridized carbons (Fsp3) is 0.579. The van der Waals surface area contributed by atoms with Crippen molar-refractivity contribution < 1.29 is 14.3 Å². The van der Waals surface area contributed by atoms with E-state index in [2.05, 4.69) is 15.4 Å². The van der Waals surface area contributed by atoms with Crippen LogP contribution in [-0.4, -0.2) is 51.7 Å². The number of thiazole rings is 1. The van der Waals surface area contributed by atoms with Crippen LogP contribution in [0.4, 0.5) is 5.13 Å². The predicted octanol–water partition coefficient (Wildman–Crippen LogP) is 2.25. The number of aromatic nitrogens is 3. The maximum absolute atomic E-state index is 12.9. The Morgan fingerprint density at radius 3 is 2.89 bits per heavy atom. The SMILES string of the molecule is COc1nn(C)cc1C(=O)N1CCC[C@@H](C(=O)Nc2nc3c(s2)CCCC3)C1. The minimum Gasteiger partial charge on any atom is -0.479 e. The lowest BCUT2D eigenvalue weighted by Gasteiger charge is -2.31. The first kappa shape index (κ1) is 18.9. The van der Waals surface area contributed by atoms with Gasteiger partial charge in [-0.3, -0.25) is 14.3 Å². The number of anilines is 1. The number of nitrogens with one attached hydrogen (secondary N) is 1. The number of fused-ring (bicyclic) bond motifs is 1. The van der Waals surface area contributed by atoms with Crippen LogP contribution in [0.25, 0.3) is 0 Å². The van der Waals surface area contributed by atoms with E-state index in [0.29, 0.717) is 29.7 Å². The van der Waals surface area contributed by atoms with E-state index in [-0.39, 0.29) is 17.7 Å². The number of hydrogen-bond acceptors (Lipinski definition) is 6. The number of aryl methyl sites for hydroxylation is 3. The van der Waals surface area contributed by atoms with Gasteiger partial charge in [0.25, 0.3) is 5.91 Å². The summed E-state index contributed by atoms with van der Waals surface area (Å²) in [7, 11) is 3.25. The van der Waals surface area contributed by atoms with E-state index in [1.807, 2.05) is 0 Å². The summed E-state index contributed by atoms with van der Waals surface area (Å²) in [5.41, 5.74) is 1.56. The van der Waals surface area contributed by atoms with Crippen LogP contribution in [-0.2, 0) is 24.7 Å². The van der Waals surface area contributed by atoms with Gasteiger partial charge in [0, 0.05) is 31.2 Å². The molecule has 150 valence electrons. The van der Waals surface area contributed by atoms with E-state index in [1.54, 1.807) is 34.2 Å². The Morgan fingerprint density at radius 2 is 2.11 bits per heavy atom. The van der Waals surface area contributed by atoms with Crippen molar-refractivity contribution in [3.63, 3.8) is 0 Å². The molecular formula is C19H25N5O3S. The number of piperidine rings is 1. The highest BCUT2D eigenvalue weighted by Crippen LogP contribution is 2.30. The molecule has 0 spiro atoms. The molecule has 8 nitrogen and oxygen atoms in total. The molecule has 0 unspecified atom stereocenters. The third-order valence-corrected chi connectivity index (χ3v) is 6.45. The largest absolute Gasteiger partial charge is 0.479 e. The summed E-state index contributed by atoms with van der Waals surface area (Å²) in [5, 5.41) is 7.82. The van der Waals surface area contributed by atoms with Crippen LogP contribution in [0.1, 0.15) is 46.6 Å². The van der Waals surface area contributed by atoms with E-state index >= 15 is 0 Å². The third-order valence-electron chi connectivity index (χ3n) is 5.37. The average Bonchev–Trinajstić information content (AvgIpc) is 3.29. The quantitative estimate of drug-likeness (QED) is 0.846. The van der Waals surface area contributed by atoms with Gasteiger partial charge in [0.05, 0.1) is 18.7 Å². The Balaban J connectivity index is 1.42. The van der Waals surface area contributed by atoms with Crippen LogP contribution in [0.2, 0.25) is 0 Å². The van der Waals surface area contributed by atoms with Gasteiger partial charge in [-0.1, -0.05) is 0 Å². The third kappa shape index (κ3) is 3.76. The number of ether oxygens (including phenoxy) is 1. The molecule has 4 rings (SSSR count). The minimum absolute atomic E-state index is 0.0539. The standard InChI is InChI=1S/C19H25N5O3S/c1-23-11-13(17(22-23)27-2)18(26)24-9-5-6-12(10-24)16(25)21-19-20-14-7-3-4-8-15(14)28-19/h11-12H,3-10H2,1-2H3,(H,20,21,25)/t12-/m1/s1. The topological polar surface area (TPSA) is 89.4 Å². The van der Waals surface area contributed by atoms with Gasteiger partial charge in [0.15, 0.2) is 5.13 Å². The molecule has 0 radical (unpaired) electrons. The van der Waals surface area contributed by atoms with Crippen LogP contribution in [0.5, 0.6) is 5.88 Å². The van der Waals surface area contributed by atoms with Gasteiger partial charge in [-0.25, -0.2) is 4.98 Å². The lowest BCUT2D eigenvalue weighted by atomic mass is 9.96. The highest BCUT2D eigenvalue weighted by atomic mass is 32.1. The van der Waals surface area contributed by atoms with Crippen molar-refractivity contribution in [1.29, 1.82) is 0 Å². The van der Waals surface area contributed by atoms with Crippen molar-refractivity contribution in [1.82, 2.24) is 19.7 Å². The Morgan fingerprint density at radius 1 is 1.29 bits per heavy atom. The van der Waals surface area contributed by atoms with Crippen LogP contribution < -0.4 is 10.1 Å². The molecule has 2 aromatic rings. The molecule has 1 aliphatic heterocycles. The van der Waals surface area contributed by atoms with Crippen LogP contribution in [0.15, 0.2) is 6.20 Å². The van der Waals surface area contributed by atoms with Crippen LogP contribution >= 0.6 is 11.3 Å². The molecule has 2 amide bonds. The predicted molar refractivity (Wildman–Crippen MR) is 106 cm³/mol. The van der Waals surface area contributed by atoms with E-state index < -0.39 is 0 Å². The van der Waals surface area contributed by atoms with Gasteiger partial charge in [0.2, 0.25) is 11.8 Å². The minimum atomic E-state index is -0.235. The van der Waals surface area contributed by atoms with Crippen molar-refractivity contribution in [2.75, 3.05) is 25.5 Å². The smallest absolute Gasteiger partial charge is 0.260 e. The number of hydrogen-bond donors (Lipinski definition) is 1. The van der Waals surface area contributed by atoms with Crippen molar-refractivity contribution >= 4 is 28.3 Å². The second-order valence-electron chi connectivity index (χ2n) is 7.40. The molecular weight excluding hydrogens is 378 g/mol. The number of likely N-dealkylation sites (tertiary alicyclic amines) is 1. The lowest BCUT2D eigenvalue weighted by Crippen LogP contribution is -2.43. The number of methoxy groups -OCH3 is 1. The number of amides is 2. The number of nitrogens with zero attached hydrogens (tertiary/aromatic N) is 4. The molecule has 2 aromatic heterocycles. The van der Waals surface area contributed by atoms with Crippen molar-refractivity contribution in [2.24, 2.45) is 13.0 Å². The maximum atomic E-state index is 12.9. The van der Waals surface area contributed by atoms with E-state index in [9.17, 15) is 9.59 Å². The molecule has 9 heteroatoms. The zero-order chi connectivity index (χ0) is 19.7. The Kier molecular flexibility index (Phi) is 5.34. The van der Waals surface area contributed by atoms with Gasteiger partial charge in [-0.05, 0) is 38.5 Å². The van der Waals surface area contributed by atoms with Crippen LogP contribution in [0, 0.1) is 5.92 Å². The fourth-order valence-electron chi connectivity index (χ4n) is 3.92. The molecule has 1 saturated heterocycles. The maximum Gasteiger partial charge on any atom is 0.260 e. The lowest BCUT2D eigenvalue weighted by molar-refractivity contribution is -0.121. The first-order valence-electron chi connectivity index (χ1n) is 9.71. The van der Waals surface area contributed by atoms with Gasteiger partial charge in [-0.15, -0.1) is 16.4 Å². The van der Waals surface area contributed by atoms with Crippen LogP contribution in [0.3, 0.4) is 0 Å². The van der Waals surface area contributed by atoms with E-state index in [4.69, 9.17) is 4.74 Å². The molecule has 1 N–H and O–H groups in total. The summed E-state index contributed by atoms with van der Waals surface area (Å²) in [5.74, 6) is -0.123. The molecule has 1 fully saturated rings.